The zero-order valence-corrected chi connectivity index (χ0v) is 10.5. The number of hydrogen-bond donors (Lipinski definition) is 0. The molecule has 1 aliphatic rings. The number of amides is 4. The summed E-state index contributed by atoms with van der Waals surface area (Å²) in [6.45, 7) is 2.87. The first kappa shape index (κ1) is 12.8. The average Bonchev–Trinajstić information content (AvgIpc) is 2.56. The molecule has 1 fully saturated rings. The summed E-state index contributed by atoms with van der Waals surface area (Å²) in [5.74, 6) is -1.30. The molecule has 1 saturated heterocycles. The molecule has 0 aliphatic carbocycles. The number of hydrogen-bond acceptors (Lipinski definition) is 4. The molecule has 6 nitrogen and oxygen atoms in total. The molecule has 0 radical (unpaired) electrons. The van der Waals surface area contributed by atoms with Crippen LogP contribution in [0.3, 0.4) is 0 Å². The lowest BCUT2D eigenvalue weighted by Gasteiger charge is -2.25. The molecule has 0 atom stereocenters. The molecule has 1 heterocycles. The minimum Gasteiger partial charge on any atom is -0.270 e. The van der Waals surface area contributed by atoms with E-state index < -0.39 is 23.4 Å². The van der Waals surface area contributed by atoms with Gasteiger partial charge in [0.2, 0.25) is 0 Å². The van der Waals surface area contributed by atoms with Crippen molar-refractivity contribution in [3.63, 3.8) is 0 Å². The lowest BCUT2D eigenvalue weighted by Crippen LogP contribution is -2.47. The number of nitriles is 1. The molecular weight excluding hydrogens is 246 g/mol. The van der Waals surface area contributed by atoms with Gasteiger partial charge in [0.05, 0.1) is 0 Å². The van der Waals surface area contributed by atoms with Gasteiger partial charge in [-0.25, -0.2) is 9.69 Å². The summed E-state index contributed by atoms with van der Waals surface area (Å²) < 4.78 is 0. The summed E-state index contributed by atoms with van der Waals surface area (Å²) in [6.07, 6.45) is 1.50. The number of carbonyl (C=O) groups excluding carboxylic acids is 3. The van der Waals surface area contributed by atoms with E-state index in [1.807, 2.05) is 0 Å². The fraction of sp³-hybridized carbons (Fsp3) is 0.231. The molecular formula is C13H11N3O3. The van der Waals surface area contributed by atoms with Crippen molar-refractivity contribution in [3.8, 4) is 6.19 Å². The van der Waals surface area contributed by atoms with Gasteiger partial charge < -0.3 is 0 Å². The van der Waals surface area contributed by atoms with Crippen LogP contribution in [0.1, 0.15) is 24.2 Å². The van der Waals surface area contributed by atoms with E-state index >= 15 is 0 Å². The van der Waals surface area contributed by atoms with Crippen LogP contribution in [-0.2, 0) is 4.79 Å². The van der Waals surface area contributed by atoms with Crippen LogP contribution >= 0.6 is 0 Å². The van der Waals surface area contributed by atoms with Crippen molar-refractivity contribution in [3.05, 3.63) is 35.9 Å². The van der Waals surface area contributed by atoms with E-state index in [4.69, 9.17) is 5.26 Å². The molecule has 19 heavy (non-hydrogen) atoms. The molecule has 96 valence electrons. The highest BCUT2D eigenvalue weighted by Crippen LogP contribution is 2.28. The second kappa shape index (κ2) is 4.21. The predicted molar refractivity (Wildman–Crippen MR) is 64.5 cm³/mol. The average molecular weight is 257 g/mol. The second-order valence-electron chi connectivity index (χ2n) is 4.59. The van der Waals surface area contributed by atoms with Gasteiger partial charge in [-0.1, -0.05) is 18.2 Å². The van der Waals surface area contributed by atoms with Gasteiger partial charge in [-0.3, -0.25) is 9.59 Å². The van der Waals surface area contributed by atoms with Crippen molar-refractivity contribution in [2.45, 2.75) is 19.4 Å². The van der Waals surface area contributed by atoms with E-state index in [0.717, 1.165) is 4.90 Å². The van der Waals surface area contributed by atoms with Crippen molar-refractivity contribution in [1.82, 2.24) is 9.80 Å². The van der Waals surface area contributed by atoms with Crippen molar-refractivity contribution >= 4 is 17.8 Å². The molecule has 1 aliphatic heterocycles. The van der Waals surface area contributed by atoms with E-state index in [-0.39, 0.29) is 5.56 Å². The van der Waals surface area contributed by atoms with E-state index in [2.05, 4.69) is 0 Å². The molecule has 0 saturated carbocycles. The molecule has 0 spiro atoms. The SMILES string of the molecule is CC1(C)C(=O)N(C#N)C(=O)N1C(=O)c1ccccc1. The normalized spacial score (nSPS) is 17.5. The summed E-state index contributed by atoms with van der Waals surface area (Å²) in [7, 11) is 0. The molecule has 0 aromatic heterocycles. The fourth-order valence-corrected chi connectivity index (χ4v) is 1.93. The molecule has 2 rings (SSSR count). The fourth-order valence-electron chi connectivity index (χ4n) is 1.93. The highest BCUT2D eigenvalue weighted by Gasteiger charge is 2.54. The Hall–Kier alpha value is -2.68. The van der Waals surface area contributed by atoms with Gasteiger partial charge in [-0.15, -0.1) is 0 Å². The van der Waals surface area contributed by atoms with Crippen LogP contribution in [0.2, 0.25) is 0 Å². The quantitative estimate of drug-likeness (QED) is 0.561. The summed E-state index contributed by atoms with van der Waals surface area (Å²) in [5, 5.41) is 8.81. The highest BCUT2D eigenvalue weighted by atomic mass is 16.2. The number of benzene rings is 1. The number of urea groups is 1. The third kappa shape index (κ3) is 1.76. The highest BCUT2D eigenvalue weighted by molar-refractivity contribution is 6.17. The van der Waals surface area contributed by atoms with E-state index in [1.165, 1.54) is 20.0 Å². The zero-order chi connectivity index (χ0) is 14.2. The first-order valence-corrected chi connectivity index (χ1v) is 5.59. The predicted octanol–water partition coefficient (Wildman–Crippen LogP) is 1.35. The van der Waals surface area contributed by atoms with Crippen LogP contribution in [-0.4, -0.2) is 33.2 Å². The van der Waals surface area contributed by atoms with Crippen LogP contribution in [0.15, 0.2) is 30.3 Å². The Morgan fingerprint density at radius 2 is 1.79 bits per heavy atom. The van der Waals surface area contributed by atoms with Gasteiger partial charge in [0.15, 0.2) is 6.19 Å². The van der Waals surface area contributed by atoms with Crippen LogP contribution < -0.4 is 0 Å². The van der Waals surface area contributed by atoms with Gasteiger partial charge in [-0.05, 0) is 26.0 Å². The molecule has 0 bridgehead atoms. The maximum atomic E-state index is 12.3. The van der Waals surface area contributed by atoms with Gasteiger partial charge >= 0.3 is 6.03 Å². The third-order valence-electron chi connectivity index (χ3n) is 2.99. The van der Waals surface area contributed by atoms with Crippen molar-refractivity contribution < 1.29 is 14.4 Å². The van der Waals surface area contributed by atoms with E-state index in [1.54, 1.807) is 30.3 Å². The van der Waals surface area contributed by atoms with Gasteiger partial charge in [0, 0.05) is 5.56 Å². The molecule has 6 heteroatoms. The first-order chi connectivity index (χ1) is 8.91. The second-order valence-corrected chi connectivity index (χ2v) is 4.59. The van der Waals surface area contributed by atoms with Gasteiger partial charge in [-0.2, -0.15) is 10.2 Å². The Morgan fingerprint density at radius 1 is 1.21 bits per heavy atom. The van der Waals surface area contributed by atoms with Crippen LogP contribution in [0.4, 0.5) is 4.79 Å². The summed E-state index contributed by atoms with van der Waals surface area (Å²) in [4.78, 5) is 37.4. The number of rotatable bonds is 1. The lowest BCUT2D eigenvalue weighted by atomic mass is 10.0. The molecule has 1 aromatic rings. The topological polar surface area (TPSA) is 81.5 Å². The zero-order valence-electron chi connectivity index (χ0n) is 10.5. The van der Waals surface area contributed by atoms with Crippen molar-refractivity contribution in [1.29, 1.82) is 5.26 Å². The lowest BCUT2D eigenvalue weighted by molar-refractivity contribution is -0.129. The van der Waals surface area contributed by atoms with Gasteiger partial charge in [0.25, 0.3) is 11.8 Å². The number of imide groups is 2. The maximum Gasteiger partial charge on any atom is 0.348 e. The Balaban J connectivity index is 2.46. The third-order valence-corrected chi connectivity index (χ3v) is 2.99. The van der Waals surface area contributed by atoms with Crippen LogP contribution in [0.25, 0.3) is 0 Å². The molecule has 0 N–H and O–H groups in total. The standard InChI is InChI=1S/C13H11N3O3/c1-13(2)11(18)15(8-14)12(19)16(13)10(17)9-6-4-3-5-7-9/h3-7H,1-2H3. The molecule has 0 unspecified atom stereocenters. The largest absolute Gasteiger partial charge is 0.348 e. The monoisotopic (exact) mass is 257 g/mol. The first-order valence-electron chi connectivity index (χ1n) is 5.59. The number of carbonyl (C=O) groups is 3. The summed E-state index contributed by atoms with van der Waals surface area (Å²) in [5.41, 5.74) is -1.07. The van der Waals surface area contributed by atoms with Crippen LogP contribution in [0.5, 0.6) is 0 Å². The minimum atomic E-state index is -1.36. The van der Waals surface area contributed by atoms with Crippen molar-refractivity contribution in [2.75, 3.05) is 0 Å². The summed E-state index contributed by atoms with van der Waals surface area (Å²) in [6, 6.07) is 7.23. The van der Waals surface area contributed by atoms with E-state index in [9.17, 15) is 14.4 Å². The Kier molecular flexibility index (Phi) is 2.83. The maximum absolute atomic E-state index is 12.3. The number of nitrogens with zero attached hydrogens (tertiary/aromatic N) is 3. The van der Waals surface area contributed by atoms with Crippen molar-refractivity contribution in [2.24, 2.45) is 0 Å². The minimum absolute atomic E-state index is 0.288. The Morgan fingerprint density at radius 3 is 2.26 bits per heavy atom. The molecule has 4 amide bonds. The summed E-state index contributed by atoms with van der Waals surface area (Å²) >= 11 is 0. The molecule has 1 aromatic carbocycles. The van der Waals surface area contributed by atoms with Crippen LogP contribution in [0, 0.1) is 11.5 Å². The Labute approximate surface area is 109 Å². The van der Waals surface area contributed by atoms with E-state index in [0.29, 0.717) is 4.90 Å². The van der Waals surface area contributed by atoms with Gasteiger partial charge in [0.1, 0.15) is 5.54 Å². The smallest absolute Gasteiger partial charge is 0.270 e. The Bertz CT molecular complexity index is 601.